The van der Waals surface area contributed by atoms with Crippen molar-refractivity contribution in [2.75, 3.05) is 33.2 Å². The molecule has 1 heterocycles. The molecule has 19 heavy (non-hydrogen) atoms. The standard InChI is InChI=1S/C17H30N2/c1-5-19-12-17(13-19)18(4)11-10-15(3)16-8-6-14(2)7-9-16/h6,8,15,17H,5,7,9-13H2,1-4H3. The zero-order valence-corrected chi connectivity index (χ0v) is 13.2. The van der Waals surface area contributed by atoms with E-state index in [9.17, 15) is 0 Å². The first-order valence-electron chi connectivity index (χ1n) is 7.89. The molecule has 1 fully saturated rings. The van der Waals surface area contributed by atoms with Gasteiger partial charge in [0, 0.05) is 19.1 Å². The fourth-order valence-electron chi connectivity index (χ4n) is 3.01. The van der Waals surface area contributed by atoms with Gasteiger partial charge in [-0.15, -0.1) is 0 Å². The number of hydrogen-bond donors (Lipinski definition) is 0. The predicted octanol–water partition coefficient (Wildman–Crippen LogP) is 3.32. The van der Waals surface area contributed by atoms with Gasteiger partial charge in [-0.25, -0.2) is 0 Å². The van der Waals surface area contributed by atoms with Gasteiger partial charge in [-0.05, 0) is 52.2 Å². The second-order valence-corrected chi connectivity index (χ2v) is 6.43. The van der Waals surface area contributed by atoms with E-state index in [4.69, 9.17) is 0 Å². The topological polar surface area (TPSA) is 6.48 Å². The first-order valence-corrected chi connectivity index (χ1v) is 7.89. The van der Waals surface area contributed by atoms with Crippen LogP contribution in [0.3, 0.4) is 0 Å². The first kappa shape index (κ1) is 14.8. The zero-order chi connectivity index (χ0) is 13.8. The number of allylic oxidation sites excluding steroid dienone is 4. The van der Waals surface area contributed by atoms with Gasteiger partial charge in [0.2, 0.25) is 0 Å². The maximum Gasteiger partial charge on any atom is 0.0347 e. The summed E-state index contributed by atoms with van der Waals surface area (Å²) in [6.07, 6.45) is 8.52. The van der Waals surface area contributed by atoms with Crippen LogP contribution in [0, 0.1) is 5.92 Å². The van der Waals surface area contributed by atoms with Crippen LogP contribution in [0.2, 0.25) is 0 Å². The third-order valence-electron chi connectivity index (χ3n) is 4.95. The van der Waals surface area contributed by atoms with E-state index in [1.807, 2.05) is 0 Å². The molecule has 108 valence electrons. The van der Waals surface area contributed by atoms with Gasteiger partial charge in [-0.1, -0.05) is 37.1 Å². The summed E-state index contributed by atoms with van der Waals surface area (Å²) in [5.41, 5.74) is 3.19. The van der Waals surface area contributed by atoms with Gasteiger partial charge in [0.15, 0.2) is 0 Å². The molecular weight excluding hydrogens is 232 g/mol. The fourth-order valence-corrected chi connectivity index (χ4v) is 3.01. The van der Waals surface area contributed by atoms with Crippen LogP contribution in [0.15, 0.2) is 23.3 Å². The van der Waals surface area contributed by atoms with Crippen molar-refractivity contribution >= 4 is 0 Å². The highest BCUT2D eigenvalue weighted by atomic mass is 15.3. The highest BCUT2D eigenvalue weighted by molar-refractivity contribution is 5.24. The minimum atomic E-state index is 0.745. The van der Waals surface area contributed by atoms with E-state index in [1.54, 1.807) is 5.57 Å². The second kappa shape index (κ2) is 6.71. The van der Waals surface area contributed by atoms with E-state index in [2.05, 4.69) is 49.8 Å². The summed E-state index contributed by atoms with van der Waals surface area (Å²) in [4.78, 5) is 5.08. The number of likely N-dealkylation sites (N-methyl/N-ethyl adjacent to an activating group) is 2. The van der Waals surface area contributed by atoms with E-state index in [1.165, 1.54) is 51.0 Å². The summed E-state index contributed by atoms with van der Waals surface area (Å²) in [6, 6.07) is 0.801. The molecule has 0 aromatic rings. The van der Waals surface area contributed by atoms with Gasteiger partial charge in [-0.2, -0.15) is 0 Å². The summed E-state index contributed by atoms with van der Waals surface area (Å²) >= 11 is 0. The summed E-state index contributed by atoms with van der Waals surface area (Å²) in [5.74, 6) is 0.745. The van der Waals surface area contributed by atoms with Gasteiger partial charge in [0.25, 0.3) is 0 Å². The molecule has 0 aromatic carbocycles. The molecule has 1 saturated heterocycles. The van der Waals surface area contributed by atoms with E-state index in [0.29, 0.717) is 0 Å². The molecule has 0 N–H and O–H groups in total. The molecular formula is C17H30N2. The van der Waals surface area contributed by atoms with Gasteiger partial charge >= 0.3 is 0 Å². The molecule has 0 bridgehead atoms. The van der Waals surface area contributed by atoms with Crippen molar-refractivity contribution in [2.45, 2.75) is 46.1 Å². The van der Waals surface area contributed by atoms with Gasteiger partial charge in [-0.3, -0.25) is 0 Å². The van der Waals surface area contributed by atoms with Gasteiger partial charge < -0.3 is 9.80 Å². The molecule has 1 aliphatic carbocycles. The van der Waals surface area contributed by atoms with E-state index < -0.39 is 0 Å². The summed E-state index contributed by atoms with van der Waals surface area (Å²) < 4.78 is 0. The second-order valence-electron chi connectivity index (χ2n) is 6.43. The Morgan fingerprint density at radius 1 is 1.32 bits per heavy atom. The zero-order valence-electron chi connectivity index (χ0n) is 13.2. The van der Waals surface area contributed by atoms with Crippen LogP contribution < -0.4 is 0 Å². The minimum absolute atomic E-state index is 0.745. The smallest absolute Gasteiger partial charge is 0.0347 e. The van der Waals surface area contributed by atoms with Crippen molar-refractivity contribution in [1.82, 2.24) is 9.80 Å². The third kappa shape index (κ3) is 3.93. The summed E-state index contributed by atoms with van der Waals surface area (Å²) in [6.45, 7) is 11.9. The lowest BCUT2D eigenvalue weighted by Crippen LogP contribution is -2.58. The van der Waals surface area contributed by atoms with Crippen LogP contribution >= 0.6 is 0 Å². The SMILES string of the molecule is CCN1CC(N(C)CCC(C)C2=CC=C(C)CC2)C1. The maximum absolute atomic E-state index is 2.56. The normalized spacial score (nSPS) is 23.0. The Hall–Kier alpha value is -0.600. The molecule has 0 amide bonds. The van der Waals surface area contributed by atoms with Crippen LogP contribution in [-0.4, -0.2) is 49.1 Å². The Bertz CT molecular complexity index is 350. The highest BCUT2D eigenvalue weighted by Crippen LogP contribution is 2.26. The van der Waals surface area contributed by atoms with Crippen LogP contribution in [0.5, 0.6) is 0 Å². The maximum atomic E-state index is 2.56. The van der Waals surface area contributed by atoms with Crippen molar-refractivity contribution < 1.29 is 0 Å². The number of rotatable bonds is 6. The monoisotopic (exact) mass is 262 g/mol. The minimum Gasteiger partial charge on any atom is -0.301 e. The molecule has 2 aliphatic rings. The molecule has 2 heteroatoms. The molecule has 0 aromatic heterocycles. The quantitative estimate of drug-likeness (QED) is 0.724. The van der Waals surface area contributed by atoms with E-state index in [-0.39, 0.29) is 0 Å². The van der Waals surface area contributed by atoms with Crippen molar-refractivity contribution in [1.29, 1.82) is 0 Å². The average molecular weight is 262 g/mol. The predicted molar refractivity (Wildman–Crippen MR) is 83.4 cm³/mol. The lowest BCUT2D eigenvalue weighted by Gasteiger charge is -2.44. The average Bonchev–Trinajstić information content (AvgIpc) is 2.35. The largest absolute Gasteiger partial charge is 0.301 e. The Kier molecular flexibility index (Phi) is 5.23. The number of nitrogens with zero attached hydrogens (tertiary/aromatic N) is 2. The Labute approximate surface area is 119 Å². The Balaban J connectivity index is 1.70. The molecule has 0 saturated carbocycles. The van der Waals surface area contributed by atoms with Crippen LogP contribution in [0.1, 0.15) is 40.0 Å². The lowest BCUT2D eigenvalue weighted by molar-refractivity contribution is 0.0517. The molecule has 1 unspecified atom stereocenters. The van der Waals surface area contributed by atoms with Crippen LogP contribution in [-0.2, 0) is 0 Å². The number of likely N-dealkylation sites (tertiary alicyclic amines) is 1. The van der Waals surface area contributed by atoms with Crippen molar-refractivity contribution in [3.8, 4) is 0 Å². The fraction of sp³-hybridized carbons (Fsp3) is 0.765. The number of hydrogen-bond acceptors (Lipinski definition) is 2. The molecule has 2 rings (SSSR count). The van der Waals surface area contributed by atoms with E-state index >= 15 is 0 Å². The Morgan fingerprint density at radius 3 is 2.63 bits per heavy atom. The highest BCUT2D eigenvalue weighted by Gasteiger charge is 2.28. The summed E-state index contributed by atoms with van der Waals surface area (Å²) in [7, 11) is 2.30. The van der Waals surface area contributed by atoms with Gasteiger partial charge in [0.05, 0.1) is 0 Å². The van der Waals surface area contributed by atoms with E-state index in [0.717, 1.165) is 12.0 Å². The van der Waals surface area contributed by atoms with Gasteiger partial charge in [0.1, 0.15) is 0 Å². The van der Waals surface area contributed by atoms with Crippen molar-refractivity contribution in [2.24, 2.45) is 5.92 Å². The van der Waals surface area contributed by atoms with Crippen LogP contribution in [0.25, 0.3) is 0 Å². The van der Waals surface area contributed by atoms with Crippen molar-refractivity contribution in [3.05, 3.63) is 23.3 Å². The molecule has 1 aliphatic heterocycles. The molecule has 1 atom stereocenters. The third-order valence-corrected chi connectivity index (χ3v) is 4.95. The molecule has 0 spiro atoms. The Morgan fingerprint density at radius 2 is 2.05 bits per heavy atom. The lowest BCUT2D eigenvalue weighted by atomic mass is 9.88. The van der Waals surface area contributed by atoms with Crippen LogP contribution in [0.4, 0.5) is 0 Å². The molecule has 2 nitrogen and oxygen atoms in total. The molecule has 0 radical (unpaired) electrons. The summed E-state index contributed by atoms with van der Waals surface area (Å²) in [5, 5.41) is 0. The first-order chi connectivity index (χ1) is 9.10. The van der Waals surface area contributed by atoms with Crippen molar-refractivity contribution in [3.63, 3.8) is 0 Å².